The average Bonchev–Trinajstić information content (AvgIpc) is 2.74. The third-order valence-corrected chi connectivity index (χ3v) is 2.89. The van der Waals surface area contributed by atoms with Gasteiger partial charge in [-0.3, -0.25) is 0 Å². The molecule has 0 bridgehead atoms. The van der Waals surface area contributed by atoms with Crippen LogP contribution in [0.5, 0.6) is 0 Å². The van der Waals surface area contributed by atoms with Crippen LogP contribution in [-0.2, 0) is 20.0 Å². The molecule has 0 saturated carbocycles. The van der Waals surface area contributed by atoms with Gasteiger partial charge in [0.1, 0.15) is 5.82 Å². The van der Waals surface area contributed by atoms with Crippen LogP contribution in [0.3, 0.4) is 0 Å². The first kappa shape index (κ1) is 11.9. The van der Waals surface area contributed by atoms with Gasteiger partial charge >= 0.3 is 0 Å². The molecule has 0 aliphatic heterocycles. The number of nitrogens with zero attached hydrogens (tertiary/aromatic N) is 2. The van der Waals surface area contributed by atoms with Crippen LogP contribution in [0.1, 0.15) is 23.9 Å². The summed E-state index contributed by atoms with van der Waals surface area (Å²) in [5.41, 5.74) is 2.63. The maximum absolute atomic E-state index is 4.33. The minimum atomic E-state index is 0.894. The van der Waals surface area contributed by atoms with Gasteiger partial charge in [0.25, 0.3) is 0 Å². The van der Waals surface area contributed by atoms with Gasteiger partial charge in [0.05, 0.1) is 0 Å². The summed E-state index contributed by atoms with van der Waals surface area (Å²) in [7, 11) is 2.03. The largest absolute Gasteiger partial charge is 0.338 e. The highest BCUT2D eigenvalue weighted by Gasteiger charge is 2.01. The third kappa shape index (κ3) is 3.17. The molecule has 3 heteroatoms. The Hall–Kier alpha value is -1.61. The number of imidazole rings is 1. The van der Waals surface area contributed by atoms with E-state index in [1.807, 2.05) is 19.4 Å². The number of aromatic nitrogens is 2. The second-order valence-electron chi connectivity index (χ2n) is 4.23. The highest BCUT2D eigenvalue weighted by atomic mass is 15.0. The number of rotatable bonds is 5. The van der Waals surface area contributed by atoms with Gasteiger partial charge in [-0.15, -0.1) is 0 Å². The van der Waals surface area contributed by atoms with E-state index in [0.717, 1.165) is 25.3 Å². The maximum Gasteiger partial charge on any atom is 0.112 e. The predicted molar refractivity (Wildman–Crippen MR) is 69.8 cm³/mol. The molecule has 0 amide bonds. The van der Waals surface area contributed by atoms with Crippen molar-refractivity contribution in [3.63, 3.8) is 0 Å². The molecule has 2 aromatic rings. The molecule has 0 atom stereocenters. The van der Waals surface area contributed by atoms with E-state index in [2.05, 4.69) is 46.1 Å². The second kappa shape index (κ2) is 5.64. The molecule has 1 heterocycles. The lowest BCUT2D eigenvalue weighted by Gasteiger charge is -2.05. The maximum atomic E-state index is 4.33. The Balaban J connectivity index is 2.01. The molecule has 1 N–H and O–H groups in total. The number of hydrogen-bond acceptors (Lipinski definition) is 2. The molecular weight excluding hydrogens is 210 g/mol. The summed E-state index contributed by atoms with van der Waals surface area (Å²) in [5.74, 6) is 1.10. The third-order valence-electron chi connectivity index (χ3n) is 2.89. The van der Waals surface area contributed by atoms with Crippen molar-refractivity contribution in [3.05, 3.63) is 53.6 Å². The zero-order valence-corrected chi connectivity index (χ0v) is 10.5. The van der Waals surface area contributed by atoms with E-state index in [1.165, 1.54) is 11.1 Å². The molecular formula is C14H19N3. The minimum absolute atomic E-state index is 0.894. The Morgan fingerprint density at radius 2 is 1.88 bits per heavy atom. The smallest absolute Gasteiger partial charge is 0.112 e. The van der Waals surface area contributed by atoms with Gasteiger partial charge in [0.2, 0.25) is 0 Å². The molecule has 3 nitrogen and oxygen atoms in total. The lowest BCUT2D eigenvalue weighted by atomic mass is 10.1. The van der Waals surface area contributed by atoms with Crippen LogP contribution in [0.25, 0.3) is 0 Å². The van der Waals surface area contributed by atoms with E-state index in [1.54, 1.807) is 0 Å². The normalized spacial score (nSPS) is 10.7. The van der Waals surface area contributed by atoms with Crippen LogP contribution in [0.15, 0.2) is 36.7 Å². The van der Waals surface area contributed by atoms with E-state index in [0.29, 0.717) is 0 Å². The lowest BCUT2D eigenvalue weighted by molar-refractivity contribution is 0.726. The Morgan fingerprint density at radius 1 is 1.18 bits per heavy atom. The highest BCUT2D eigenvalue weighted by molar-refractivity contribution is 5.25. The van der Waals surface area contributed by atoms with Gasteiger partial charge in [0.15, 0.2) is 0 Å². The Bertz CT molecular complexity index is 457. The molecule has 0 fully saturated rings. The summed E-state index contributed by atoms with van der Waals surface area (Å²) in [6, 6.07) is 8.73. The highest BCUT2D eigenvalue weighted by Crippen LogP contribution is 2.09. The Morgan fingerprint density at radius 3 is 2.47 bits per heavy atom. The lowest BCUT2D eigenvalue weighted by Crippen LogP contribution is -2.11. The predicted octanol–water partition coefficient (Wildman–Crippen LogP) is 2.12. The summed E-state index contributed by atoms with van der Waals surface area (Å²) in [4.78, 5) is 4.33. The van der Waals surface area contributed by atoms with Gasteiger partial charge in [-0.25, -0.2) is 4.98 Å². The van der Waals surface area contributed by atoms with Crippen molar-refractivity contribution in [1.82, 2.24) is 14.9 Å². The van der Waals surface area contributed by atoms with Gasteiger partial charge in [-0.2, -0.15) is 0 Å². The van der Waals surface area contributed by atoms with Crippen LogP contribution in [0.2, 0.25) is 0 Å². The van der Waals surface area contributed by atoms with Crippen LogP contribution in [0, 0.1) is 0 Å². The van der Waals surface area contributed by atoms with Crippen molar-refractivity contribution in [3.8, 4) is 0 Å². The van der Waals surface area contributed by atoms with Crippen molar-refractivity contribution >= 4 is 0 Å². The van der Waals surface area contributed by atoms with Crippen molar-refractivity contribution in [1.29, 1.82) is 0 Å². The zero-order chi connectivity index (χ0) is 12.1. The molecule has 90 valence electrons. The number of hydrogen-bond donors (Lipinski definition) is 1. The first-order valence-electron chi connectivity index (χ1n) is 6.04. The number of benzene rings is 1. The second-order valence-corrected chi connectivity index (χ2v) is 4.23. The van der Waals surface area contributed by atoms with E-state index >= 15 is 0 Å². The molecule has 2 rings (SSSR count). The summed E-state index contributed by atoms with van der Waals surface area (Å²) in [5, 5.41) is 3.32. The average molecular weight is 229 g/mol. The van der Waals surface area contributed by atoms with Gasteiger partial charge in [-0.1, -0.05) is 31.2 Å². The molecule has 1 aromatic heterocycles. The Labute approximate surface area is 103 Å². The summed E-state index contributed by atoms with van der Waals surface area (Å²) in [6.07, 6.45) is 4.72. The topological polar surface area (TPSA) is 29.9 Å². The molecule has 0 radical (unpaired) electrons. The first-order chi connectivity index (χ1) is 8.29. The minimum Gasteiger partial charge on any atom is -0.338 e. The van der Waals surface area contributed by atoms with E-state index in [-0.39, 0.29) is 0 Å². The van der Waals surface area contributed by atoms with Crippen LogP contribution in [0.4, 0.5) is 0 Å². The van der Waals surface area contributed by atoms with E-state index in [4.69, 9.17) is 0 Å². The molecule has 0 spiro atoms. The van der Waals surface area contributed by atoms with Crippen molar-refractivity contribution in [2.24, 2.45) is 7.05 Å². The molecule has 0 saturated heterocycles. The van der Waals surface area contributed by atoms with Crippen LogP contribution in [-0.4, -0.2) is 16.1 Å². The van der Waals surface area contributed by atoms with Crippen LogP contribution < -0.4 is 5.32 Å². The zero-order valence-electron chi connectivity index (χ0n) is 10.5. The quantitative estimate of drug-likeness (QED) is 0.851. The van der Waals surface area contributed by atoms with Gasteiger partial charge < -0.3 is 9.88 Å². The van der Waals surface area contributed by atoms with Crippen molar-refractivity contribution in [2.75, 3.05) is 6.54 Å². The fourth-order valence-electron chi connectivity index (χ4n) is 1.79. The molecule has 0 unspecified atom stereocenters. The molecule has 17 heavy (non-hydrogen) atoms. The van der Waals surface area contributed by atoms with Crippen molar-refractivity contribution < 1.29 is 0 Å². The molecule has 0 aliphatic carbocycles. The Kier molecular flexibility index (Phi) is 3.94. The van der Waals surface area contributed by atoms with Gasteiger partial charge in [0, 0.05) is 32.4 Å². The van der Waals surface area contributed by atoms with E-state index in [9.17, 15) is 0 Å². The number of aryl methyl sites for hydroxylation is 1. The summed E-state index contributed by atoms with van der Waals surface area (Å²) >= 11 is 0. The van der Waals surface area contributed by atoms with Crippen molar-refractivity contribution in [2.45, 2.75) is 19.9 Å². The van der Waals surface area contributed by atoms with Crippen LogP contribution >= 0.6 is 0 Å². The van der Waals surface area contributed by atoms with E-state index < -0.39 is 0 Å². The monoisotopic (exact) mass is 229 g/mol. The van der Waals surface area contributed by atoms with Gasteiger partial charge in [-0.05, 0) is 17.7 Å². The summed E-state index contributed by atoms with van der Waals surface area (Å²) < 4.78 is 2.06. The SMILES string of the molecule is CCNCc1ccc(Cc2nccn2C)cc1. The standard InChI is InChI=1S/C14H19N3/c1-3-15-11-13-6-4-12(5-7-13)10-14-16-8-9-17(14)2/h4-9,15H,3,10-11H2,1-2H3. The fraction of sp³-hybridized carbons (Fsp3) is 0.357. The number of nitrogens with one attached hydrogen (secondary N) is 1. The summed E-state index contributed by atoms with van der Waals surface area (Å²) in [6.45, 7) is 4.07. The first-order valence-corrected chi connectivity index (χ1v) is 6.04. The molecule has 1 aromatic carbocycles. The fourth-order valence-corrected chi connectivity index (χ4v) is 1.79. The molecule has 0 aliphatic rings.